The summed E-state index contributed by atoms with van der Waals surface area (Å²) in [5.41, 5.74) is 4.32. The zero-order valence-corrected chi connectivity index (χ0v) is 13.6. The van der Waals surface area contributed by atoms with Gasteiger partial charge >= 0.3 is 0 Å². The van der Waals surface area contributed by atoms with E-state index in [9.17, 15) is 9.59 Å². The van der Waals surface area contributed by atoms with Crippen molar-refractivity contribution in [2.24, 2.45) is 5.92 Å². The Hall–Kier alpha value is -1.90. The molecule has 2 aromatic rings. The van der Waals surface area contributed by atoms with Crippen LogP contribution >= 0.6 is 0 Å². The molecule has 3 heteroatoms. The van der Waals surface area contributed by atoms with Crippen LogP contribution < -0.4 is 15.8 Å². The lowest BCUT2D eigenvalue weighted by molar-refractivity contribution is 0.647. The highest BCUT2D eigenvalue weighted by molar-refractivity contribution is 5.72. The molecule has 0 saturated heterocycles. The van der Waals surface area contributed by atoms with Crippen LogP contribution in [0.2, 0.25) is 0 Å². The second-order valence-electron chi connectivity index (χ2n) is 6.80. The summed E-state index contributed by atoms with van der Waals surface area (Å²) in [4.78, 5) is 25.7. The highest BCUT2D eigenvalue weighted by atomic mass is 16.2. The van der Waals surface area contributed by atoms with E-state index in [0.29, 0.717) is 17.2 Å². The summed E-state index contributed by atoms with van der Waals surface area (Å²) < 4.78 is 0. The van der Waals surface area contributed by atoms with E-state index in [1.165, 1.54) is 11.1 Å². The summed E-state index contributed by atoms with van der Waals surface area (Å²) in [6, 6.07) is 6.63. The minimum absolute atomic E-state index is 0.320. The first-order valence-electron chi connectivity index (χ1n) is 8.18. The predicted octanol–water partition coefficient (Wildman–Crippen LogP) is 3.26. The predicted molar refractivity (Wildman–Crippen MR) is 91.0 cm³/mol. The van der Waals surface area contributed by atoms with Crippen molar-refractivity contribution >= 4 is 11.4 Å². The fraction of sp³-hybridized carbons (Fsp3) is 0.474. The van der Waals surface area contributed by atoms with Crippen molar-refractivity contribution in [3.8, 4) is 0 Å². The van der Waals surface area contributed by atoms with E-state index in [4.69, 9.17) is 0 Å². The van der Waals surface area contributed by atoms with E-state index >= 15 is 0 Å². The third-order valence-corrected chi connectivity index (χ3v) is 4.55. The number of benzene rings is 1. The fourth-order valence-electron chi connectivity index (χ4n) is 3.43. The van der Waals surface area contributed by atoms with Gasteiger partial charge in [-0.15, -0.1) is 0 Å². The molecule has 0 aromatic heterocycles. The van der Waals surface area contributed by atoms with Gasteiger partial charge in [-0.25, -0.2) is 0 Å². The fourth-order valence-corrected chi connectivity index (χ4v) is 3.43. The lowest BCUT2D eigenvalue weighted by atomic mass is 9.98. The molecule has 0 aliphatic carbocycles. The number of rotatable bonds is 3. The molecule has 0 unspecified atom stereocenters. The van der Waals surface area contributed by atoms with Crippen LogP contribution in [0.5, 0.6) is 0 Å². The van der Waals surface area contributed by atoms with Crippen LogP contribution in [-0.2, 0) is 12.8 Å². The molecule has 22 heavy (non-hydrogen) atoms. The quantitative estimate of drug-likeness (QED) is 0.816. The highest BCUT2D eigenvalue weighted by Crippen LogP contribution is 2.33. The molecule has 2 aromatic carbocycles. The van der Waals surface area contributed by atoms with Gasteiger partial charge in [0.15, 0.2) is 0 Å². The summed E-state index contributed by atoms with van der Waals surface area (Å²) in [5, 5.41) is 0. The Morgan fingerprint density at radius 2 is 1.91 bits per heavy atom. The minimum atomic E-state index is -0.320. The Morgan fingerprint density at radius 1 is 1.14 bits per heavy atom. The standard InChI is InChI=1S/C19H23NO2/c1-12(2)10-14-7-8-15-6-4-5-9-20(16(15)11-14)17-13(3)18(21)19(17)22/h7-8,11-12H,4-6,9-10H2,1-3H3. The van der Waals surface area contributed by atoms with E-state index in [1.54, 1.807) is 6.92 Å². The van der Waals surface area contributed by atoms with Gasteiger partial charge in [-0.2, -0.15) is 0 Å². The number of fused-ring (bicyclic) bond motifs is 1. The van der Waals surface area contributed by atoms with E-state index in [1.807, 2.05) is 0 Å². The molecule has 1 aliphatic heterocycles. The summed E-state index contributed by atoms with van der Waals surface area (Å²) in [5.74, 6) is 0.602. The molecule has 0 atom stereocenters. The van der Waals surface area contributed by atoms with Crippen LogP contribution in [0, 0.1) is 12.8 Å². The molecule has 0 radical (unpaired) electrons. The van der Waals surface area contributed by atoms with Crippen LogP contribution in [0.3, 0.4) is 0 Å². The van der Waals surface area contributed by atoms with E-state index in [-0.39, 0.29) is 10.9 Å². The smallest absolute Gasteiger partial charge is 0.249 e. The SMILES string of the molecule is Cc1c(N2CCCCc3ccc(CC(C)C)cc32)c(=O)c1=O. The normalized spacial score (nSPS) is 15.2. The summed E-state index contributed by atoms with van der Waals surface area (Å²) in [7, 11) is 0. The van der Waals surface area contributed by atoms with Gasteiger partial charge in [0, 0.05) is 17.8 Å². The third kappa shape index (κ3) is 2.49. The molecule has 0 bridgehead atoms. The van der Waals surface area contributed by atoms with Crippen LogP contribution in [0.1, 0.15) is 43.4 Å². The lowest BCUT2D eigenvalue weighted by Gasteiger charge is -2.27. The molecule has 1 aliphatic rings. The molecular weight excluding hydrogens is 274 g/mol. The Bertz CT molecular complexity index is 766. The first-order chi connectivity index (χ1) is 10.5. The molecule has 116 valence electrons. The summed E-state index contributed by atoms with van der Waals surface area (Å²) in [6.07, 6.45) is 4.25. The van der Waals surface area contributed by atoms with Gasteiger partial charge in [0.25, 0.3) is 0 Å². The number of hydrogen-bond donors (Lipinski definition) is 0. The lowest BCUT2D eigenvalue weighted by Crippen LogP contribution is -2.41. The molecular formula is C19H23NO2. The zero-order valence-electron chi connectivity index (χ0n) is 13.6. The van der Waals surface area contributed by atoms with Crippen LogP contribution in [0.4, 0.5) is 11.4 Å². The average Bonchev–Trinajstić information content (AvgIpc) is 2.69. The summed E-state index contributed by atoms with van der Waals surface area (Å²) in [6.45, 7) is 7.01. The Balaban J connectivity index is 2.07. The number of aryl methyl sites for hydroxylation is 1. The number of anilines is 2. The maximum Gasteiger partial charge on any atom is 0.249 e. The van der Waals surface area contributed by atoms with Gasteiger partial charge in [-0.3, -0.25) is 9.59 Å². The van der Waals surface area contributed by atoms with Gasteiger partial charge in [-0.1, -0.05) is 26.0 Å². The molecule has 0 fully saturated rings. The molecule has 3 nitrogen and oxygen atoms in total. The topological polar surface area (TPSA) is 37.4 Å². The van der Waals surface area contributed by atoms with E-state index in [2.05, 4.69) is 36.9 Å². The van der Waals surface area contributed by atoms with Crippen molar-refractivity contribution in [1.82, 2.24) is 0 Å². The van der Waals surface area contributed by atoms with Crippen LogP contribution in [0.15, 0.2) is 27.8 Å². The Labute approximate surface area is 131 Å². The summed E-state index contributed by atoms with van der Waals surface area (Å²) >= 11 is 0. The monoisotopic (exact) mass is 297 g/mol. The van der Waals surface area contributed by atoms with Crippen LogP contribution in [-0.4, -0.2) is 6.54 Å². The Morgan fingerprint density at radius 3 is 2.59 bits per heavy atom. The van der Waals surface area contributed by atoms with Gasteiger partial charge in [-0.05, 0) is 55.7 Å². The van der Waals surface area contributed by atoms with E-state index < -0.39 is 0 Å². The zero-order chi connectivity index (χ0) is 15.9. The molecule has 3 rings (SSSR count). The van der Waals surface area contributed by atoms with Crippen molar-refractivity contribution < 1.29 is 0 Å². The van der Waals surface area contributed by atoms with Crippen molar-refractivity contribution in [3.05, 3.63) is 55.3 Å². The molecule has 0 N–H and O–H groups in total. The first-order valence-corrected chi connectivity index (χ1v) is 8.18. The third-order valence-electron chi connectivity index (χ3n) is 4.55. The first kappa shape index (κ1) is 15.0. The maximum atomic E-state index is 12.0. The maximum absolute atomic E-state index is 12.0. The van der Waals surface area contributed by atoms with Gasteiger partial charge < -0.3 is 4.90 Å². The Kier molecular flexibility index (Phi) is 3.90. The average molecular weight is 297 g/mol. The molecule has 0 saturated carbocycles. The molecule has 0 spiro atoms. The molecule has 0 amide bonds. The van der Waals surface area contributed by atoms with Gasteiger partial charge in [0.05, 0.1) is 0 Å². The van der Waals surface area contributed by atoms with Crippen molar-refractivity contribution in [1.29, 1.82) is 0 Å². The largest absolute Gasteiger partial charge is 0.338 e. The second-order valence-corrected chi connectivity index (χ2v) is 6.80. The molecule has 1 heterocycles. The number of hydrogen-bond acceptors (Lipinski definition) is 3. The van der Waals surface area contributed by atoms with Gasteiger partial charge in [0.1, 0.15) is 5.69 Å². The highest BCUT2D eigenvalue weighted by Gasteiger charge is 2.26. The second kappa shape index (κ2) is 5.71. The van der Waals surface area contributed by atoms with Crippen molar-refractivity contribution in [3.63, 3.8) is 0 Å². The van der Waals surface area contributed by atoms with E-state index in [0.717, 1.165) is 37.9 Å². The number of nitrogens with zero attached hydrogens (tertiary/aromatic N) is 1. The van der Waals surface area contributed by atoms with Crippen molar-refractivity contribution in [2.75, 3.05) is 11.4 Å². The van der Waals surface area contributed by atoms with Crippen LogP contribution in [0.25, 0.3) is 0 Å². The minimum Gasteiger partial charge on any atom is -0.338 e. The van der Waals surface area contributed by atoms with Crippen molar-refractivity contribution in [2.45, 2.75) is 46.5 Å². The van der Waals surface area contributed by atoms with Gasteiger partial charge in [0.2, 0.25) is 10.9 Å².